The quantitative estimate of drug-likeness (QED) is 0.490. The molecule has 0 heterocycles. The van der Waals surface area contributed by atoms with Gasteiger partial charge in [-0.25, -0.2) is 5.43 Å². The summed E-state index contributed by atoms with van der Waals surface area (Å²) in [5.41, 5.74) is 4.78. The van der Waals surface area contributed by atoms with Gasteiger partial charge in [0.15, 0.2) is 0 Å². The number of aromatic hydroxyl groups is 1. The monoisotopic (exact) mass is 380 g/mol. The Balaban J connectivity index is 1.64. The Kier molecular flexibility index (Phi) is 6.07. The number of hydrogen-bond acceptors (Lipinski definition) is 4. The van der Waals surface area contributed by atoms with Crippen LogP contribution < -0.4 is 10.2 Å². The van der Waals surface area contributed by atoms with Crippen LogP contribution in [0.1, 0.15) is 15.9 Å². The molecule has 3 aromatic rings. The molecule has 6 heteroatoms. The van der Waals surface area contributed by atoms with Crippen LogP contribution in [0.4, 0.5) is 0 Å². The van der Waals surface area contributed by atoms with Gasteiger partial charge in [0.05, 0.1) is 11.8 Å². The van der Waals surface area contributed by atoms with Gasteiger partial charge in [-0.3, -0.25) is 4.79 Å². The van der Waals surface area contributed by atoms with Crippen molar-refractivity contribution in [2.24, 2.45) is 5.10 Å². The molecule has 0 aliphatic rings. The second kappa shape index (κ2) is 8.87. The molecular weight excluding hydrogens is 364 g/mol. The molecule has 5 nitrogen and oxygen atoms in total. The Morgan fingerprint density at radius 2 is 1.81 bits per heavy atom. The van der Waals surface area contributed by atoms with Crippen LogP contribution in [0.25, 0.3) is 10.8 Å². The van der Waals surface area contributed by atoms with E-state index in [0.29, 0.717) is 12.4 Å². The lowest BCUT2D eigenvalue weighted by Crippen LogP contribution is -2.17. The van der Waals surface area contributed by atoms with Crippen molar-refractivity contribution in [3.63, 3.8) is 0 Å². The van der Waals surface area contributed by atoms with Crippen molar-refractivity contribution in [1.82, 2.24) is 5.43 Å². The predicted octanol–water partition coefficient (Wildman–Crippen LogP) is 4.44. The molecule has 0 aliphatic carbocycles. The summed E-state index contributed by atoms with van der Waals surface area (Å²) in [4.78, 5) is 12.3. The fourth-order valence-electron chi connectivity index (χ4n) is 2.47. The Morgan fingerprint density at radius 1 is 1.11 bits per heavy atom. The first-order chi connectivity index (χ1) is 13.2. The highest BCUT2D eigenvalue weighted by atomic mass is 35.5. The number of fused-ring (bicyclic) bond motifs is 1. The van der Waals surface area contributed by atoms with Gasteiger partial charge in [-0.2, -0.15) is 5.10 Å². The van der Waals surface area contributed by atoms with Crippen molar-refractivity contribution in [1.29, 1.82) is 0 Å². The predicted molar refractivity (Wildman–Crippen MR) is 108 cm³/mol. The Bertz CT molecular complexity index is 998. The van der Waals surface area contributed by atoms with Crippen LogP contribution in [0.5, 0.6) is 11.5 Å². The van der Waals surface area contributed by atoms with E-state index in [4.69, 9.17) is 16.3 Å². The molecule has 0 saturated carbocycles. The molecular formula is C21H17ClN2O3. The number of hydrazone groups is 1. The molecule has 0 aromatic heterocycles. The number of amides is 1. The first-order valence-electron chi connectivity index (χ1n) is 8.20. The number of halogens is 1. The van der Waals surface area contributed by atoms with Crippen LogP contribution >= 0.6 is 11.6 Å². The minimum absolute atomic E-state index is 0.0890. The second-order valence-electron chi connectivity index (χ2n) is 5.66. The number of benzene rings is 3. The summed E-state index contributed by atoms with van der Waals surface area (Å²) in [7, 11) is 0. The third-order valence-electron chi connectivity index (χ3n) is 3.80. The number of ether oxygens (including phenoxy) is 1. The van der Waals surface area contributed by atoms with Crippen LogP contribution in [0.3, 0.4) is 0 Å². The van der Waals surface area contributed by atoms with Gasteiger partial charge in [-0.1, -0.05) is 35.9 Å². The van der Waals surface area contributed by atoms with Crippen LogP contribution in [0.2, 0.25) is 0 Å². The SMILES string of the molecule is O=C(NN=Cc1ccc(OC/C=C/Cl)cc1)c1cc2ccccc2cc1O. The topological polar surface area (TPSA) is 70.9 Å². The van der Waals surface area contributed by atoms with Crippen LogP contribution in [-0.4, -0.2) is 23.8 Å². The second-order valence-corrected chi connectivity index (χ2v) is 5.91. The van der Waals surface area contributed by atoms with Crippen LogP contribution in [0.15, 0.2) is 77.4 Å². The molecule has 2 N–H and O–H groups in total. The van der Waals surface area contributed by atoms with Crippen molar-refractivity contribution in [2.45, 2.75) is 0 Å². The minimum atomic E-state index is -0.484. The molecule has 0 aliphatic heterocycles. The van der Waals surface area contributed by atoms with E-state index >= 15 is 0 Å². The molecule has 27 heavy (non-hydrogen) atoms. The van der Waals surface area contributed by atoms with Gasteiger partial charge in [-0.15, -0.1) is 0 Å². The molecule has 136 valence electrons. The molecule has 3 rings (SSSR count). The maximum Gasteiger partial charge on any atom is 0.275 e. The lowest BCUT2D eigenvalue weighted by molar-refractivity contribution is 0.0952. The van der Waals surface area contributed by atoms with Crippen molar-refractivity contribution < 1.29 is 14.6 Å². The number of phenolic OH excluding ortho intramolecular Hbond substituents is 1. The number of carbonyl (C=O) groups excluding carboxylic acids is 1. The number of carbonyl (C=O) groups is 1. The summed E-state index contributed by atoms with van der Waals surface area (Å²) in [6.07, 6.45) is 3.20. The third-order valence-corrected chi connectivity index (χ3v) is 3.98. The molecule has 0 saturated heterocycles. The van der Waals surface area contributed by atoms with Crippen molar-refractivity contribution in [3.8, 4) is 11.5 Å². The van der Waals surface area contributed by atoms with E-state index in [9.17, 15) is 9.90 Å². The summed E-state index contributed by atoms with van der Waals surface area (Å²) in [6.45, 7) is 0.391. The Hall–Kier alpha value is -3.31. The average Bonchev–Trinajstić information content (AvgIpc) is 2.68. The van der Waals surface area contributed by atoms with E-state index in [0.717, 1.165) is 16.3 Å². The van der Waals surface area contributed by atoms with Gasteiger partial charge >= 0.3 is 0 Å². The highest BCUT2D eigenvalue weighted by molar-refractivity contribution is 6.25. The maximum absolute atomic E-state index is 12.3. The van der Waals surface area contributed by atoms with E-state index in [2.05, 4.69) is 10.5 Å². The van der Waals surface area contributed by atoms with E-state index in [1.54, 1.807) is 30.3 Å². The molecule has 3 aromatic carbocycles. The number of nitrogens with zero attached hydrogens (tertiary/aromatic N) is 1. The lowest BCUT2D eigenvalue weighted by Gasteiger charge is -2.06. The van der Waals surface area contributed by atoms with Crippen LogP contribution in [0, 0.1) is 0 Å². The van der Waals surface area contributed by atoms with Gasteiger partial charge in [0.2, 0.25) is 0 Å². The largest absolute Gasteiger partial charge is 0.507 e. The zero-order valence-electron chi connectivity index (χ0n) is 14.3. The summed E-state index contributed by atoms with van der Waals surface area (Å²) in [6, 6.07) is 17.9. The number of nitrogens with one attached hydrogen (secondary N) is 1. The summed E-state index contributed by atoms with van der Waals surface area (Å²) >= 11 is 5.43. The average molecular weight is 381 g/mol. The van der Waals surface area contributed by atoms with E-state index in [1.165, 1.54) is 11.7 Å². The lowest BCUT2D eigenvalue weighted by atomic mass is 10.1. The number of hydrogen-bond donors (Lipinski definition) is 2. The van der Waals surface area contributed by atoms with Crippen LogP contribution in [-0.2, 0) is 0 Å². The molecule has 0 radical (unpaired) electrons. The summed E-state index contributed by atoms with van der Waals surface area (Å²) in [5, 5.41) is 15.7. The highest BCUT2D eigenvalue weighted by Crippen LogP contribution is 2.24. The van der Waals surface area contributed by atoms with Crippen molar-refractivity contribution in [2.75, 3.05) is 6.61 Å². The van der Waals surface area contributed by atoms with E-state index in [1.807, 2.05) is 36.4 Å². The maximum atomic E-state index is 12.3. The number of phenols is 1. The summed E-state index contributed by atoms with van der Waals surface area (Å²) < 4.78 is 5.44. The van der Waals surface area contributed by atoms with Crippen molar-refractivity contribution in [3.05, 3.63) is 83.4 Å². The molecule has 1 amide bonds. The minimum Gasteiger partial charge on any atom is -0.507 e. The third kappa shape index (κ3) is 4.86. The normalized spacial score (nSPS) is 11.3. The van der Waals surface area contributed by atoms with Gasteiger partial charge in [0.1, 0.15) is 18.1 Å². The first-order valence-corrected chi connectivity index (χ1v) is 8.64. The van der Waals surface area contributed by atoms with Gasteiger partial charge in [0.25, 0.3) is 5.91 Å². The van der Waals surface area contributed by atoms with E-state index in [-0.39, 0.29) is 11.3 Å². The molecule has 0 spiro atoms. The Labute approximate surface area is 161 Å². The zero-order chi connectivity index (χ0) is 19.1. The zero-order valence-corrected chi connectivity index (χ0v) is 15.1. The summed E-state index contributed by atoms with van der Waals surface area (Å²) in [5.74, 6) is 0.128. The number of rotatable bonds is 6. The molecule has 0 bridgehead atoms. The fraction of sp³-hybridized carbons (Fsp3) is 0.0476. The first kappa shape index (κ1) is 18.5. The highest BCUT2D eigenvalue weighted by Gasteiger charge is 2.11. The Morgan fingerprint density at radius 3 is 2.52 bits per heavy atom. The standard InChI is InChI=1S/C21H17ClN2O3/c22-10-3-11-27-18-8-6-15(7-9-18)14-23-24-21(26)19-12-16-4-1-2-5-17(16)13-20(19)25/h1-10,12-14,25H,11H2,(H,24,26)/b10-3+,23-14?. The smallest absolute Gasteiger partial charge is 0.275 e. The van der Waals surface area contributed by atoms with Crippen molar-refractivity contribution >= 4 is 34.5 Å². The van der Waals surface area contributed by atoms with Gasteiger partial charge in [-0.05, 0) is 58.8 Å². The van der Waals surface area contributed by atoms with Gasteiger partial charge in [0, 0.05) is 5.54 Å². The van der Waals surface area contributed by atoms with Gasteiger partial charge < -0.3 is 9.84 Å². The fourth-order valence-corrected chi connectivity index (χ4v) is 2.54. The molecule has 0 unspecified atom stereocenters. The molecule has 0 fully saturated rings. The molecule has 0 atom stereocenters. The van der Waals surface area contributed by atoms with E-state index < -0.39 is 5.91 Å².